The molecule has 2 heterocycles. The van der Waals surface area contributed by atoms with E-state index in [1.54, 1.807) is 0 Å². The summed E-state index contributed by atoms with van der Waals surface area (Å²) in [6, 6.07) is 6.62. The molecule has 0 spiro atoms. The van der Waals surface area contributed by atoms with E-state index < -0.39 is 0 Å². The molecule has 0 radical (unpaired) electrons. The molecule has 3 rings (SSSR count). The molecule has 1 amide bonds. The molecular formula is C16H22N2O2. The van der Waals surface area contributed by atoms with Gasteiger partial charge in [0, 0.05) is 36.8 Å². The van der Waals surface area contributed by atoms with Crippen molar-refractivity contribution in [2.45, 2.75) is 38.8 Å². The van der Waals surface area contributed by atoms with Crippen LogP contribution in [-0.2, 0) is 11.4 Å². The van der Waals surface area contributed by atoms with Gasteiger partial charge in [0.05, 0.1) is 6.61 Å². The zero-order valence-corrected chi connectivity index (χ0v) is 11.9. The van der Waals surface area contributed by atoms with Crippen molar-refractivity contribution in [3.05, 3.63) is 29.3 Å². The number of nitrogens with zero attached hydrogens (tertiary/aromatic N) is 1. The lowest BCUT2D eigenvalue weighted by atomic mass is 9.85. The minimum Gasteiger partial charge on any atom is -0.392 e. The van der Waals surface area contributed by atoms with Gasteiger partial charge >= 0.3 is 0 Å². The predicted molar refractivity (Wildman–Crippen MR) is 78.6 cm³/mol. The number of rotatable bonds is 2. The number of piperidine rings is 2. The van der Waals surface area contributed by atoms with Gasteiger partial charge in [-0.1, -0.05) is 17.7 Å². The Kier molecular flexibility index (Phi) is 3.66. The monoisotopic (exact) mass is 274 g/mol. The number of carbonyl (C=O) groups is 1. The standard InChI is InChI=1S/C16H22N2O2/c1-11-2-4-15(13(8-11)10-19)18-7-6-14-12(9-18)3-5-16(20)17-14/h2,4,8,12,14,19H,3,5-7,9-10H2,1H3,(H,17,20). The Morgan fingerprint density at radius 1 is 1.40 bits per heavy atom. The maximum absolute atomic E-state index is 11.4. The van der Waals surface area contributed by atoms with Crippen LogP contribution in [0.5, 0.6) is 0 Å². The number of fused-ring (bicyclic) bond motifs is 1. The average molecular weight is 274 g/mol. The number of nitrogens with one attached hydrogen (secondary N) is 1. The molecule has 2 N–H and O–H groups in total. The normalized spacial score (nSPS) is 26.1. The number of aliphatic hydroxyl groups excluding tert-OH is 1. The highest BCUT2D eigenvalue weighted by molar-refractivity contribution is 5.77. The summed E-state index contributed by atoms with van der Waals surface area (Å²) in [5, 5.41) is 12.7. The first-order valence-corrected chi connectivity index (χ1v) is 7.42. The number of carbonyl (C=O) groups excluding carboxylic acids is 1. The Morgan fingerprint density at radius 2 is 2.25 bits per heavy atom. The molecule has 0 aliphatic carbocycles. The van der Waals surface area contributed by atoms with Gasteiger partial charge in [0.15, 0.2) is 0 Å². The molecule has 2 aliphatic heterocycles. The van der Waals surface area contributed by atoms with Crippen molar-refractivity contribution in [3.63, 3.8) is 0 Å². The second-order valence-electron chi connectivity index (χ2n) is 6.00. The summed E-state index contributed by atoms with van der Waals surface area (Å²) in [6.45, 7) is 4.04. The van der Waals surface area contributed by atoms with E-state index in [0.717, 1.165) is 37.2 Å². The molecular weight excluding hydrogens is 252 g/mol. The summed E-state index contributed by atoms with van der Waals surface area (Å²) < 4.78 is 0. The minimum atomic E-state index is 0.0817. The van der Waals surface area contributed by atoms with Gasteiger partial charge in [0.2, 0.25) is 5.91 Å². The SMILES string of the molecule is Cc1ccc(N2CCC3NC(=O)CCC3C2)c(CO)c1. The lowest BCUT2D eigenvalue weighted by molar-refractivity contribution is -0.124. The van der Waals surface area contributed by atoms with Crippen LogP contribution in [-0.4, -0.2) is 30.1 Å². The van der Waals surface area contributed by atoms with Crippen molar-refractivity contribution in [2.75, 3.05) is 18.0 Å². The van der Waals surface area contributed by atoms with Crippen LogP contribution >= 0.6 is 0 Å². The molecule has 108 valence electrons. The van der Waals surface area contributed by atoms with Gasteiger partial charge in [0.1, 0.15) is 0 Å². The number of benzene rings is 1. The summed E-state index contributed by atoms with van der Waals surface area (Å²) in [6.07, 6.45) is 2.62. The van der Waals surface area contributed by atoms with Gasteiger partial charge in [-0.25, -0.2) is 0 Å². The number of aryl methyl sites for hydroxylation is 1. The van der Waals surface area contributed by atoms with Crippen LogP contribution in [0.4, 0.5) is 5.69 Å². The van der Waals surface area contributed by atoms with Crippen LogP contribution in [0.15, 0.2) is 18.2 Å². The van der Waals surface area contributed by atoms with Crippen molar-refractivity contribution in [2.24, 2.45) is 5.92 Å². The summed E-state index contributed by atoms with van der Waals surface area (Å²) in [5.41, 5.74) is 3.33. The Hall–Kier alpha value is -1.55. The van der Waals surface area contributed by atoms with Crippen molar-refractivity contribution in [1.82, 2.24) is 5.32 Å². The molecule has 2 fully saturated rings. The summed E-state index contributed by atoms with van der Waals surface area (Å²) >= 11 is 0. The predicted octanol–water partition coefficient (Wildman–Crippen LogP) is 1.59. The molecule has 2 atom stereocenters. The second kappa shape index (κ2) is 5.44. The van der Waals surface area contributed by atoms with Crippen molar-refractivity contribution >= 4 is 11.6 Å². The topological polar surface area (TPSA) is 52.6 Å². The Morgan fingerprint density at radius 3 is 3.05 bits per heavy atom. The summed E-state index contributed by atoms with van der Waals surface area (Å²) in [5.74, 6) is 0.736. The van der Waals surface area contributed by atoms with Crippen LogP contribution < -0.4 is 10.2 Å². The Bertz CT molecular complexity index is 515. The highest BCUT2D eigenvalue weighted by Gasteiger charge is 2.34. The van der Waals surface area contributed by atoms with Crippen LogP contribution in [0.3, 0.4) is 0 Å². The third-order valence-electron chi connectivity index (χ3n) is 4.57. The molecule has 2 unspecified atom stereocenters. The Balaban J connectivity index is 1.78. The van der Waals surface area contributed by atoms with Crippen LogP contribution in [0, 0.1) is 12.8 Å². The quantitative estimate of drug-likeness (QED) is 0.861. The van der Waals surface area contributed by atoms with Crippen molar-refractivity contribution in [3.8, 4) is 0 Å². The van der Waals surface area contributed by atoms with E-state index in [1.165, 1.54) is 5.56 Å². The maximum Gasteiger partial charge on any atom is 0.220 e. The van der Waals surface area contributed by atoms with Crippen LogP contribution in [0.2, 0.25) is 0 Å². The highest BCUT2D eigenvalue weighted by atomic mass is 16.3. The first-order chi connectivity index (χ1) is 9.67. The number of hydrogen-bond acceptors (Lipinski definition) is 3. The van der Waals surface area contributed by atoms with Gasteiger partial charge < -0.3 is 15.3 Å². The molecule has 4 heteroatoms. The first-order valence-electron chi connectivity index (χ1n) is 7.42. The number of anilines is 1. The van der Waals surface area contributed by atoms with E-state index in [0.29, 0.717) is 18.4 Å². The third kappa shape index (κ3) is 2.52. The van der Waals surface area contributed by atoms with Crippen molar-refractivity contribution in [1.29, 1.82) is 0 Å². The summed E-state index contributed by atoms with van der Waals surface area (Å²) in [7, 11) is 0. The van der Waals surface area contributed by atoms with E-state index in [4.69, 9.17) is 0 Å². The van der Waals surface area contributed by atoms with Gasteiger partial charge in [-0.15, -0.1) is 0 Å². The molecule has 2 saturated heterocycles. The third-order valence-corrected chi connectivity index (χ3v) is 4.57. The molecule has 1 aromatic rings. The smallest absolute Gasteiger partial charge is 0.220 e. The van der Waals surface area contributed by atoms with E-state index >= 15 is 0 Å². The maximum atomic E-state index is 11.4. The van der Waals surface area contributed by atoms with Gasteiger partial charge in [-0.3, -0.25) is 4.79 Å². The molecule has 0 saturated carbocycles. The van der Waals surface area contributed by atoms with Crippen LogP contribution in [0.1, 0.15) is 30.4 Å². The number of amides is 1. The van der Waals surface area contributed by atoms with Crippen LogP contribution in [0.25, 0.3) is 0 Å². The first kappa shape index (κ1) is 13.4. The molecule has 1 aromatic carbocycles. The second-order valence-corrected chi connectivity index (χ2v) is 6.00. The molecule has 4 nitrogen and oxygen atoms in total. The number of hydrogen-bond donors (Lipinski definition) is 2. The molecule has 0 aromatic heterocycles. The van der Waals surface area contributed by atoms with E-state index in [1.807, 2.05) is 6.92 Å². The highest BCUT2D eigenvalue weighted by Crippen LogP contribution is 2.31. The molecule has 2 aliphatic rings. The minimum absolute atomic E-state index is 0.0817. The zero-order valence-electron chi connectivity index (χ0n) is 11.9. The molecule has 0 bridgehead atoms. The lowest BCUT2D eigenvalue weighted by Gasteiger charge is -2.43. The van der Waals surface area contributed by atoms with Crippen molar-refractivity contribution < 1.29 is 9.90 Å². The van der Waals surface area contributed by atoms with E-state index in [-0.39, 0.29) is 12.5 Å². The Labute approximate surface area is 119 Å². The fourth-order valence-corrected chi connectivity index (χ4v) is 3.48. The summed E-state index contributed by atoms with van der Waals surface area (Å²) in [4.78, 5) is 13.8. The van der Waals surface area contributed by atoms with E-state index in [2.05, 4.69) is 28.4 Å². The fourth-order valence-electron chi connectivity index (χ4n) is 3.48. The number of aliphatic hydroxyl groups is 1. The largest absolute Gasteiger partial charge is 0.392 e. The fraction of sp³-hybridized carbons (Fsp3) is 0.562. The average Bonchev–Trinajstić information content (AvgIpc) is 2.46. The van der Waals surface area contributed by atoms with E-state index in [9.17, 15) is 9.90 Å². The van der Waals surface area contributed by atoms with Gasteiger partial charge in [0.25, 0.3) is 0 Å². The molecule has 20 heavy (non-hydrogen) atoms. The lowest BCUT2D eigenvalue weighted by Crippen LogP contribution is -2.54. The van der Waals surface area contributed by atoms with Gasteiger partial charge in [-0.05, 0) is 31.7 Å². The zero-order chi connectivity index (χ0) is 14.1. The van der Waals surface area contributed by atoms with Gasteiger partial charge in [-0.2, -0.15) is 0 Å².